The number of amides is 2. The molecule has 30 heavy (non-hydrogen) atoms. The van der Waals surface area contributed by atoms with Crippen molar-refractivity contribution in [3.8, 4) is 0 Å². The minimum absolute atomic E-state index is 0.0505. The zero-order chi connectivity index (χ0) is 21.7. The molecule has 0 spiro atoms. The number of hydrogen-bond donors (Lipinski definition) is 2. The topological polar surface area (TPSA) is 58.2 Å². The van der Waals surface area contributed by atoms with E-state index in [2.05, 4.69) is 31.4 Å². The molecule has 0 saturated carbocycles. The van der Waals surface area contributed by atoms with Gasteiger partial charge >= 0.3 is 0 Å². The van der Waals surface area contributed by atoms with Crippen molar-refractivity contribution in [2.75, 3.05) is 5.32 Å². The van der Waals surface area contributed by atoms with E-state index in [-0.39, 0.29) is 17.2 Å². The van der Waals surface area contributed by atoms with Gasteiger partial charge in [-0.05, 0) is 52.9 Å². The zero-order valence-corrected chi connectivity index (χ0v) is 18.1. The monoisotopic (exact) mass is 420 g/mol. The van der Waals surface area contributed by atoms with E-state index in [0.717, 1.165) is 5.56 Å². The fourth-order valence-electron chi connectivity index (χ4n) is 2.94. The van der Waals surface area contributed by atoms with Crippen LogP contribution in [0.2, 0.25) is 5.02 Å². The minimum atomic E-state index is -0.238. The molecule has 5 heteroatoms. The summed E-state index contributed by atoms with van der Waals surface area (Å²) >= 11 is 6.08. The van der Waals surface area contributed by atoms with Gasteiger partial charge in [-0.25, -0.2) is 0 Å². The molecule has 0 saturated heterocycles. The summed E-state index contributed by atoms with van der Waals surface area (Å²) in [4.78, 5) is 24.8. The number of rotatable bonds is 5. The quantitative estimate of drug-likeness (QED) is 0.546. The standard InChI is InChI=1S/C25H25ClN2O2/c1-25(2,3)20-14-12-18(13-15-20)23(29)27-16-17-8-10-19(11-9-17)24(30)28-22-7-5-4-6-21(22)26/h4-15H,16H2,1-3H3,(H,27,29)(H,28,30). The van der Waals surface area contributed by atoms with Crippen LogP contribution in [0.25, 0.3) is 0 Å². The van der Waals surface area contributed by atoms with Crippen molar-refractivity contribution in [3.05, 3.63) is 100 Å². The van der Waals surface area contributed by atoms with Crippen LogP contribution in [0.3, 0.4) is 0 Å². The van der Waals surface area contributed by atoms with Gasteiger partial charge in [0.25, 0.3) is 11.8 Å². The van der Waals surface area contributed by atoms with Gasteiger partial charge in [-0.15, -0.1) is 0 Å². The molecular formula is C25H25ClN2O2. The lowest BCUT2D eigenvalue weighted by atomic mass is 9.87. The highest BCUT2D eigenvalue weighted by molar-refractivity contribution is 6.33. The Bertz CT molecular complexity index is 1040. The molecule has 0 bridgehead atoms. The summed E-state index contributed by atoms with van der Waals surface area (Å²) in [6, 6.07) is 21.9. The maximum Gasteiger partial charge on any atom is 0.255 e. The molecular weight excluding hydrogens is 396 g/mol. The van der Waals surface area contributed by atoms with Crippen LogP contribution in [0.1, 0.15) is 52.6 Å². The Balaban J connectivity index is 1.57. The summed E-state index contributed by atoms with van der Waals surface area (Å²) in [5, 5.41) is 6.19. The third-order valence-electron chi connectivity index (χ3n) is 4.80. The Morgan fingerprint density at radius 3 is 1.97 bits per heavy atom. The lowest BCUT2D eigenvalue weighted by Crippen LogP contribution is -2.23. The summed E-state index contributed by atoms with van der Waals surface area (Å²) in [5.41, 5.74) is 3.85. The molecule has 0 unspecified atom stereocenters. The van der Waals surface area contributed by atoms with Crippen molar-refractivity contribution in [1.29, 1.82) is 0 Å². The second kappa shape index (κ2) is 9.14. The summed E-state index contributed by atoms with van der Waals surface area (Å²) in [5.74, 6) is -0.367. The predicted molar refractivity (Wildman–Crippen MR) is 122 cm³/mol. The SMILES string of the molecule is CC(C)(C)c1ccc(C(=O)NCc2ccc(C(=O)Nc3ccccc3Cl)cc2)cc1. The summed E-state index contributed by atoms with van der Waals surface area (Å²) in [6.45, 7) is 6.80. The number of para-hydroxylation sites is 1. The second-order valence-electron chi connectivity index (χ2n) is 8.14. The molecule has 0 atom stereocenters. The van der Waals surface area contributed by atoms with Crippen LogP contribution in [-0.4, -0.2) is 11.8 Å². The highest BCUT2D eigenvalue weighted by atomic mass is 35.5. The number of halogens is 1. The van der Waals surface area contributed by atoms with Crippen molar-refractivity contribution >= 4 is 29.1 Å². The van der Waals surface area contributed by atoms with E-state index < -0.39 is 0 Å². The predicted octanol–water partition coefficient (Wildman–Crippen LogP) is 5.82. The van der Waals surface area contributed by atoms with Crippen molar-refractivity contribution < 1.29 is 9.59 Å². The molecule has 2 amide bonds. The highest BCUT2D eigenvalue weighted by Gasteiger charge is 2.14. The molecule has 0 aromatic heterocycles. The van der Waals surface area contributed by atoms with E-state index in [9.17, 15) is 9.59 Å². The average Bonchev–Trinajstić information content (AvgIpc) is 2.73. The van der Waals surface area contributed by atoms with Gasteiger partial charge in [0.05, 0.1) is 10.7 Å². The Kier molecular flexibility index (Phi) is 6.58. The first kappa shape index (κ1) is 21.6. The molecule has 0 aliphatic carbocycles. The van der Waals surface area contributed by atoms with E-state index >= 15 is 0 Å². The number of carbonyl (C=O) groups is 2. The zero-order valence-electron chi connectivity index (χ0n) is 17.3. The molecule has 3 rings (SSSR count). The molecule has 4 nitrogen and oxygen atoms in total. The first-order chi connectivity index (χ1) is 14.2. The third kappa shape index (κ3) is 5.49. The lowest BCUT2D eigenvalue weighted by molar-refractivity contribution is 0.0949. The fraction of sp³-hybridized carbons (Fsp3) is 0.200. The molecule has 0 radical (unpaired) electrons. The van der Waals surface area contributed by atoms with Crippen LogP contribution in [0.4, 0.5) is 5.69 Å². The van der Waals surface area contributed by atoms with E-state index in [1.54, 1.807) is 30.3 Å². The van der Waals surface area contributed by atoms with E-state index in [4.69, 9.17) is 11.6 Å². The molecule has 154 valence electrons. The third-order valence-corrected chi connectivity index (χ3v) is 5.13. The van der Waals surface area contributed by atoms with E-state index in [1.807, 2.05) is 42.5 Å². The number of nitrogens with one attached hydrogen (secondary N) is 2. The molecule has 0 fully saturated rings. The first-order valence-electron chi connectivity index (χ1n) is 9.77. The van der Waals surface area contributed by atoms with Gasteiger partial charge in [0.15, 0.2) is 0 Å². The highest BCUT2D eigenvalue weighted by Crippen LogP contribution is 2.22. The van der Waals surface area contributed by atoms with Crippen LogP contribution in [-0.2, 0) is 12.0 Å². The second-order valence-corrected chi connectivity index (χ2v) is 8.55. The van der Waals surface area contributed by atoms with Crippen LogP contribution in [0.5, 0.6) is 0 Å². The van der Waals surface area contributed by atoms with Gasteiger partial charge in [-0.3, -0.25) is 9.59 Å². The van der Waals surface area contributed by atoms with Gasteiger partial charge in [-0.2, -0.15) is 0 Å². The molecule has 3 aromatic carbocycles. The van der Waals surface area contributed by atoms with Crippen molar-refractivity contribution in [2.45, 2.75) is 32.7 Å². The van der Waals surface area contributed by atoms with E-state index in [1.165, 1.54) is 5.56 Å². The molecule has 2 N–H and O–H groups in total. The van der Waals surface area contributed by atoms with Gasteiger partial charge in [0.2, 0.25) is 0 Å². The Labute approximate surface area is 182 Å². The van der Waals surface area contributed by atoms with Crippen molar-refractivity contribution in [3.63, 3.8) is 0 Å². The number of anilines is 1. The van der Waals surface area contributed by atoms with Crippen LogP contribution < -0.4 is 10.6 Å². The van der Waals surface area contributed by atoms with Crippen LogP contribution in [0, 0.1) is 0 Å². The summed E-state index contributed by atoms with van der Waals surface area (Å²) < 4.78 is 0. The maximum absolute atomic E-state index is 12.4. The van der Waals surface area contributed by atoms with Crippen LogP contribution in [0.15, 0.2) is 72.8 Å². The average molecular weight is 421 g/mol. The maximum atomic E-state index is 12.4. The van der Waals surface area contributed by atoms with Crippen molar-refractivity contribution in [2.24, 2.45) is 0 Å². The molecule has 0 aliphatic heterocycles. The van der Waals surface area contributed by atoms with Gasteiger partial charge < -0.3 is 10.6 Å². The summed E-state index contributed by atoms with van der Waals surface area (Å²) in [6.07, 6.45) is 0. The minimum Gasteiger partial charge on any atom is -0.348 e. The number of benzene rings is 3. The molecule has 0 heterocycles. The Morgan fingerprint density at radius 2 is 1.37 bits per heavy atom. The molecule has 0 aliphatic rings. The van der Waals surface area contributed by atoms with Gasteiger partial charge in [0, 0.05) is 17.7 Å². The van der Waals surface area contributed by atoms with Crippen molar-refractivity contribution in [1.82, 2.24) is 5.32 Å². The Morgan fingerprint density at radius 1 is 0.800 bits per heavy atom. The smallest absolute Gasteiger partial charge is 0.255 e. The lowest BCUT2D eigenvalue weighted by Gasteiger charge is -2.19. The number of carbonyl (C=O) groups excluding carboxylic acids is 2. The van der Waals surface area contributed by atoms with Gasteiger partial charge in [-0.1, -0.05) is 68.8 Å². The number of hydrogen-bond acceptors (Lipinski definition) is 2. The fourth-order valence-corrected chi connectivity index (χ4v) is 3.12. The largest absolute Gasteiger partial charge is 0.348 e. The normalized spacial score (nSPS) is 11.1. The van der Waals surface area contributed by atoms with Crippen LogP contribution >= 0.6 is 11.6 Å². The van der Waals surface area contributed by atoms with Gasteiger partial charge in [0.1, 0.15) is 0 Å². The van der Waals surface area contributed by atoms with E-state index in [0.29, 0.717) is 28.4 Å². The Hall–Kier alpha value is -3.11. The molecule has 3 aromatic rings. The first-order valence-corrected chi connectivity index (χ1v) is 10.2. The summed E-state index contributed by atoms with van der Waals surface area (Å²) in [7, 11) is 0.